The van der Waals surface area contributed by atoms with Crippen LogP contribution in [0.1, 0.15) is 47.9 Å². The van der Waals surface area contributed by atoms with Gasteiger partial charge in [0.05, 0.1) is 10.5 Å². The fourth-order valence-electron chi connectivity index (χ4n) is 2.96. The van der Waals surface area contributed by atoms with Crippen molar-refractivity contribution in [2.24, 2.45) is 0 Å². The summed E-state index contributed by atoms with van der Waals surface area (Å²) in [6.07, 6.45) is -3.96. The molecule has 0 bridgehead atoms. The summed E-state index contributed by atoms with van der Waals surface area (Å²) in [5.74, 6) is -0.339. The van der Waals surface area contributed by atoms with E-state index in [1.807, 2.05) is 13.0 Å². The molecule has 1 aliphatic heterocycles. The third-order valence-corrected chi connectivity index (χ3v) is 5.00. The average molecular weight is 431 g/mol. The minimum Gasteiger partial charge on any atom is -0.362 e. The van der Waals surface area contributed by atoms with Crippen molar-refractivity contribution >= 4 is 27.7 Å². The van der Waals surface area contributed by atoms with E-state index in [0.717, 1.165) is 16.7 Å². The van der Waals surface area contributed by atoms with Gasteiger partial charge in [-0.1, -0.05) is 37.3 Å². The van der Waals surface area contributed by atoms with Crippen LogP contribution >= 0.6 is 15.9 Å². The van der Waals surface area contributed by atoms with E-state index in [1.165, 1.54) is 0 Å². The molecule has 5 nitrogen and oxygen atoms in total. The van der Waals surface area contributed by atoms with Crippen molar-refractivity contribution in [3.63, 3.8) is 0 Å². The summed E-state index contributed by atoms with van der Waals surface area (Å²) in [5.41, 5.74) is 0.696. The van der Waals surface area contributed by atoms with Crippen molar-refractivity contribution in [2.75, 3.05) is 11.9 Å². The van der Waals surface area contributed by atoms with Gasteiger partial charge in [-0.05, 0) is 27.9 Å². The molecule has 0 fully saturated rings. The van der Waals surface area contributed by atoms with E-state index in [0.29, 0.717) is 6.54 Å². The van der Waals surface area contributed by atoms with E-state index in [1.54, 1.807) is 24.3 Å². The number of aromatic nitrogens is 2. The van der Waals surface area contributed by atoms with Gasteiger partial charge in [0, 0.05) is 13.0 Å². The smallest absolute Gasteiger partial charge is 0.362 e. The highest BCUT2D eigenvalue weighted by atomic mass is 79.9. The Kier molecular flexibility index (Phi) is 5.27. The van der Waals surface area contributed by atoms with Crippen LogP contribution in [0.4, 0.5) is 19.0 Å². The summed E-state index contributed by atoms with van der Waals surface area (Å²) in [4.78, 5) is 12.2. The van der Waals surface area contributed by atoms with Crippen LogP contribution in [0.2, 0.25) is 0 Å². The highest BCUT2D eigenvalue weighted by Crippen LogP contribution is 2.46. The molecule has 2 aromatic rings. The van der Waals surface area contributed by atoms with Crippen molar-refractivity contribution in [2.45, 2.75) is 38.0 Å². The SMILES string of the molecule is CCCNC(=O)c1nn2c(c1Br)N[C@@H](c1ccccc1)C[C@H]2C(F)(F)F. The molecule has 2 N–H and O–H groups in total. The lowest BCUT2D eigenvalue weighted by atomic mass is 9.97. The molecular weight excluding hydrogens is 413 g/mol. The number of benzene rings is 1. The second-order valence-corrected chi connectivity index (χ2v) is 6.91. The minimum atomic E-state index is -4.48. The molecule has 140 valence electrons. The van der Waals surface area contributed by atoms with Crippen molar-refractivity contribution < 1.29 is 18.0 Å². The van der Waals surface area contributed by atoms with E-state index in [4.69, 9.17) is 0 Å². The van der Waals surface area contributed by atoms with Gasteiger partial charge in [0.15, 0.2) is 11.7 Å². The molecular formula is C17H18BrF3N4O. The second kappa shape index (κ2) is 7.30. The molecule has 0 saturated heterocycles. The predicted molar refractivity (Wildman–Crippen MR) is 95.1 cm³/mol. The zero-order valence-electron chi connectivity index (χ0n) is 14.0. The van der Waals surface area contributed by atoms with Crippen LogP contribution in [-0.4, -0.2) is 28.4 Å². The fourth-order valence-corrected chi connectivity index (χ4v) is 3.52. The minimum absolute atomic E-state index is 0.0519. The topological polar surface area (TPSA) is 59.0 Å². The molecule has 26 heavy (non-hydrogen) atoms. The maximum absolute atomic E-state index is 13.6. The van der Waals surface area contributed by atoms with Gasteiger partial charge in [-0.2, -0.15) is 18.3 Å². The number of rotatable bonds is 4. The van der Waals surface area contributed by atoms with Crippen LogP contribution in [0.3, 0.4) is 0 Å². The van der Waals surface area contributed by atoms with Crippen molar-refractivity contribution in [1.29, 1.82) is 0 Å². The zero-order chi connectivity index (χ0) is 18.9. The van der Waals surface area contributed by atoms with E-state index in [-0.39, 0.29) is 22.4 Å². The Morgan fingerprint density at radius 1 is 1.38 bits per heavy atom. The first-order valence-electron chi connectivity index (χ1n) is 8.27. The summed E-state index contributed by atoms with van der Waals surface area (Å²) in [6, 6.07) is 6.58. The van der Waals surface area contributed by atoms with Crippen molar-refractivity contribution in [3.05, 3.63) is 46.1 Å². The number of hydrogen-bond acceptors (Lipinski definition) is 3. The molecule has 1 amide bonds. The second-order valence-electron chi connectivity index (χ2n) is 6.11. The van der Waals surface area contributed by atoms with Crippen LogP contribution in [0, 0.1) is 0 Å². The molecule has 9 heteroatoms. The number of nitrogens with zero attached hydrogens (tertiary/aromatic N) is 2. The predicted octanol–water partition coefficient (Wildman–Crippen LogP) is 4.45. The molecule has 1 aliphatic rings. The van der Waals surface area contributed by atoms with Crippen molar-refractivity contribution in [3.8, 4) is 0 Å². The average Bonchev–Trinajstić information content (AvgIpc) is 2.95. The summed E-state index contributed by atoms with van der Waals surface area (Å²) < 4.78 is 42.1. The molecule has 0 spiro atoms. The molecule has 3 rings (SSSR count). The Bertz CT molecular complexity index is 791. The first-order chi connectivity index (χ1) is 12.3. The van der Waals surface area contributed by atoms with Gasteiger partial charge in [-0.25, -0.2) is 4.68 Å². The van der Waals surface area contributed by atoms with Crippen LogP contribution in [0.5, 0.6) is 0 Å². The Hall–Kier alpha value is -2.03. The first kappa shape index (κ1) is 18.8. The Morgan fingerprint density at radius 2 is 2.08 bits per heavy atom. The standard InChI is InChI=1S/C17H18BrF3N4O/c1-2-8-22-16(26)14-13(18)15-23-11(10-6-4-3-5-7-10)9-12(17(19,20)21)25(15)24-14/h3-7,11-12,23H,2,8-9H2,1H3,(H,22,26)/t11-,12+/m1/s1. The van der Waals surface area contributed by atoms with E-state index in [2.05, 4.69) is 31.7 Å². The zero-order valence-corrected chi connectivity index (χ0v) is 15.6. The molecule has 0 saturated carbocycles. The Balaban J connectivity index is 2.01. The number of nitrogens with one attached hydrogen (secondary N) is 2. The van der Waals surface area contributed by atoms with Gasteiger partial charge in [0.25, 0.3) is 5.91 Å². The van der Waals surface area contributed by atoms with Gasteiger partial charge in [0.2, 0.25) is 0 Å². The third-order valence-electron chi connectivity index (χ3n) is 4.25. The van der Waals surface area contributed by atoms with Crippen molar-refractivity contribution in [1.82, 2.24) is 15.1 Å². The van der Waals surface area contributed by atoms with Crippen LogP contribution in [-0.2, 0) is 0 Å². The molecule has 2 heterocycles. The molecule has 1 aromatic heterocycles. The molecule has 0 unspecified atom stereocenters. The van der Waals surface area contributed by atoms with Crippen LogP contribution in [0.15, 0.2) is 34.8 Å². The first-order valence-corrected chi connectivity index (χ1v) is 9.06. The summed E-state index contributed by atoms with van der Waals surface area (Å²) in [7, 11) is 0. The van der Waals surface area contributed by atoms with Gasteiger partial charge < -0.3 is 10.6 Å². The molecule has 0 aliphatic carbocycles. The van der Waals surface area contributed by atoms with E-state index >= 15 is 0 Å². The Labute approximate surface area is 157 Å². The highest BCUT2D eigenvalue weighted by molar-refractivity contribution is 9.10. The summed E-state index contributed by atoms with van der Waals surface area (Å²) >= 11 is 3.25. The van der Waals surface area contributed by atoms with E-state index < -0.39 is 24.2 Å². The molecule has 2 atom stereocenters. The van der Waals surface area contributed by atoms with Gasteiger partial charge in [-0.15, -0.1) is 0 Å². The number of carbonyl (C=O) groups excluding carboxylic acids is 1. The number of alkyl halides is 3. The fraction of sp³-hybridized carbons (Fsp3) is 0.412. The lowest BCUT2D eigenvalue weighted by Crippen LogP contribution is -2.36. The monoisotopic (exact) mass is 430 g/mol. The maximum atomic E-state index is 13.6. The van der Waals surface area contributed by atoms with Gasteiger partial charge in [0.1, 0.15) is 5.82 Å². The quantitative estimate of drug-likeness (QED) is 0.753. The maximum Gasteiger partial charge on any atom is 0.410 e. The largest absolute Gasteiger partial charge is 0.410 e. The molecule has 1 aromatic carbocycles. The van der Waals surface area contributed by atoms with Gasteiger partial charge >= 0.3 is 6.18 Å². The third kappa shape index (κ3) is 3.58. The van der Waals surface area contributed by atoms with E-state index in [9.17, 15) is 18.0 Å². The number of halogens is 4. The Morgan fingerprint density at radius 3 is 2.69 bits per heavy atom. The number of hydrogen-bond donors (Lipinski definition) is 2. The lowest BCUT2D eigenvalue weighted by Gasteiger charge is -2.33. The van der Waals surface area contributed by atoms with Gasteiger partial charge in [-0.3, -0.25) is 4.79 Å². The summed E-state index contributed by atoms with van der Waals surface area (Å²) in [5, 5.41) is 9.68. The molecule has 0 radical (unpaired) electrons. The van der Waals surface area contributed by atoms with Crippen LogP contribution < -0.4 is 10.6 Å². The van der Waals surface area contributed by atoms with Crippen LogP contribution in [0.25, 0.3) is 0 Å². The lowest BCUT2D eigenvalue weighted by molar-refractivity contribution is -0.173. The number of carbonyl (C=O) groups is 1. The highest BCUT2D eigenvalue weighted by Gasteiger charge is 2.47. The summed E-state index contributed by atoms with van der Waals surface area (Å²) in [6.45, 7) is 2.31. The number of anilines is 1. The number of amides is 1. The number of fused-ring (bicyclic) bond motifs is 1. The normalized spacial score (nSPS) is 19.6.